The van der Waals surface area contributed by atoms with Crippen LogP contribution in [0.25, 0.3) is 10.9 Å². The van der Waals surface area contributed by atoms with Gasteiger partial charge in [-0.3, -0.25) is 0 Å². The average Bonchev–Trinajstić information content (AvgIpc) is 3.26. The van der Waals surface area contributed by atoms with Crippen molar-refractivity contribution in [3.05, 3.63) is 109 Å². The molecule has 4 aromatic rings. The molecule has 200 valence electrons. The monoisotopic (exact) mass is 571 g/mol. The minimum Gasteiger partial charge on any atom is -0.241 e. The van der Waals surface area contributed by atoms with Crippen LogP contribution in [-0.2, 0) is 36.1 Å². The molecule has 0 aliphatic rings. The molecule has 3 aromatic carbocycles. The van der Waals surface area contributed by atoms with E-state index in [0.717, 1.165) is 5.56 Å². The average molecular weight is 572 g/mol. The molecule has 1 heterocycles. The van der Waals surface area contributed by atoms with Crippen LogP contribution in [0.5, 0.6) is 0 Å². The van der Waals surface area contributed by atoms with Crippen molar-refractivity contribution in [3.8, 4) is 0 Å². The Labute approximate surface area is 224 Å². The fourth-order valence-corrected chi connectivity index (χ4v) is 10.4. The Kier molecular flexibility index (Phi) is 7.96. The highest BCUT2D eigenvalue weighted by molar-refractivity contribution is 8.09. The van der Waals surface area contributed by atoms with Gasteiger partial charge in [0.15, 0.2) is 24.3 Å². The predicted octanol–water partition coefficient (Wildman–Crippen LogP) is 4.91. The van der Waals surface area contributed by atoms with Crippen LogP contribution in [-0.4, -0.2) is 39.6 Å². The molecule has 1 unspecified atom stereocenters. The van der Waals surface area contributed by atoms with Crippen molar-refractivity contribution in [1.82, 2.24) is 3.97 Å². The Morgan fingerprint density at radius 1 is 0.816 bits per heavy atom. The number of benzene rings is 3. The van der Waals surface area contributed by atoms with Crippen LogP contribution in [0.3, 0.4) is 0 Å². The number of hydrogen-bond donors (Lipinski definition) is 0. The maximum absolute atomic E-state index is 13.4. The van der Waals surface area contributed by atoms with Crippen molar-refractivity contribution < 1.29 is 25.3 Å². The summed E-state index contributed by atoms with van der Waals surface area (Å²) < 4.78 is 79.1. The third kappa shape index (κ3) is 5.48. The Bertz CT molecular complexity index is 1770. The van der Waals surface area contributed by atoms with Gasteiger partial charge in [-0.05, 0) is 62.1 Å². The van der Waals surface area contributed by atoms with Crippen molar-refractivity contribution in [1.29, 1.82) is 0 Å². The minimum absolute atomic E-state index is 0.0570. The zero-order valence-corrected chi connectivity index (χ0v) is 23.3. The normalized spacial score (nSPS) is 13.4. The van der Waals surface area contributed by atoms with Gasteiger partial charge in [0.2, 0.25) is 0 Å². The van der Waals surface area contributed by atoms with Gasteiger partial charge in [0.1, 0.15) is 0 Å². The molecule has 0 spiro atoms. The number of hydrogen-bond acceptors (Lipinski definition) is 6. The van der Waals surface area contributed by atoms with Gasteiger partial charge < -0.3 is 0 Å². The van der Waals surface area contributed by atoms with E-state index >= 15 is 0 Å². The van der Waals surface area contributed by atoms with Crippen molar-refractivity contribution in [2.24, 2.45) is 0 Å². The molecule has 0 aliphatic heterocycles. The maximum atomic E-state index is 13.4. The van der Waals surface area contributed by atoms with Gasteiger partial charge in [-0.25, -0.2) is 29.2 Å². The number of para-hydroxylation sites is 1. The molecular formula is C28H29NO6S3. The van der Waals surface area contributed by atoms with E-state index in [1.165, 1.54) is 22.2 Å². The molecule has 1 atom stereocenters. The Morgan fingerprint density at radius 2 is 1.45 bits per heavy atom. The second-order valence-corrected chi connectivity index (χ2v) is 15.6. The summed E-state index contributed by atoms with van der Waals surface area (Å²) in [5.41, 5.74) is 2.12. The topological polar surface area (TPSA) is 107 Å². The van der Waals surface area contributed by atoms with Crippen LogP contribution < -0.4 is 0 Å². The van der Waals surface area contributed by atoms with E-state index in [4.69, 9.17) is 0 Å². The lowest BCUT2D eigenvalue weighted by atomic mass is 10.1. The highest BCUT2D eigenvalue weighted by Gasteiger charge is 2.37. The molecule has 0 aliphatic carbocycles. The van der Waals surface area contributed by atoms with Crippen LogP contribution in [0.2, 0.25) is 0 Å². The van der Waals surface area contributed by atoms with Crippen LogP contribution in [0.1, 0.15) is 24.0 Å². The van der Waals surface area contributed by atoms with Crippen molar-refractivity contribution in [3.63, 3.8) is 0 Å². The molecule has 1 aromatic heterocycles. The second-order valence-electron chi connectivity index (χ2n) is 9.08. The van der Waals surface area contributed by atoms with Gasteiger partial charge in [-0.15, -0.1) is 6.58 Å². The fraction of sp³-hybridized carbons (Fsp3) is 0.214. The smallest absolute Gasteiger partial charge is 0.241 e. The third-order valence-corrected chi connectivity index (χ3v) is 13.3. The number of rotatable bonds is 11. The molecule has 4 rings (SSSR count). The van der Waals surface area contributed by atoms with E-state index < -0.39 is 40.0 Å². The zero-order valence-electron chi connectivity index (χ0n) is 20.9. The first-order valence-corrected chi connectivity index (χ1v) is 16.7. The van der Waals surface area contributed by atoms with Crippen molar-refractivity contribution >= 4 is 40.6 Å². The maximum Gasteiger partial charge on any atom is 0.268 e. The summed E-state index contributed by atoms with van der Waals surface area (Å²) in [6.07, 6.45) is 3.09. The van der Waals surface area contributed by atoms with Gasteiger partial charge in [0, 0.05) is 11.6 Å². The van der Waals surface area contributed by atoms with Gasteiger partial charge in [-0.2, -0.15) is 0 Å². The van der Waals surface area contributed by atoms with Crippen LogP contribution in [0.15, 0.2) is 108 Å². The first-order valence-electron chi connectivity index (χ1n) is 12.0. The Morgan fingerprint density at radius 3 is 2.11 bits per heavy atom. The van der Waals surface area contributed by atoms with Crippen LogP contribution >= 0.6 is 0 Å². The Balaban J connectivity index is 1.67. The second kappa shape index (κ2) is 10.9. The molecular weight excluding hydrogens is 543 g/mol. The number of nitrogens with zero attached hydrogens (tertiary/aromatic N) is 1. The highest BCUT2D eigenvalue weighted by Crippen LogP contribution is 2.29. The van der Waals surface area contributed by atoms with Gasteiger partial charge in [-0.1, -0.05) is 60.2 Å². The summed E-state index contributed by atoms with van der Waals surface area (Å²) in [6, 6.07) is 21.2. The molecule has 7 nitrogen and oxygen atoms in total. The molecule has 10 heteroatoms. The highest BCUT2D eigenvalue weighted by atomic mass is 32.3. The Hall–Kier alpha value is -3.21. The molecule has 38 heavy (non-hydrogen) atoms. The van der Waals surface area contributed by atoms with E-state index in [0.29, 0.717) is 22.9 Å². The number of sulfone groups is 2. The van der Waals surface area contributed by atoms with Gasteiger partial charge in [0.05, 0.1) is 21.1 Å². The quantitative estimate of drug-likeness (QED) is 0.237. The summed E-state index contributed by atoms with van der Waals surface area (Å²) in [5, 5.41) is 0.708. The fourth-order valence-electron chi connectivity index (χ4n) is 4.46. The minimum atomic E-state index is -4.17. The molecule has 0 saturated carbocycles. The van der Waals surface area contributed by atoms with Gasteiger partial charge >= 0.3 is 0 Å². The number of fused-ring (bicyclic) bond motifs is 1. The summed E-state index contributed by atoms with van der Waals surface area (Å²) in [4.78, 5) is 0.0957. The first-order chi connectivity index (χ1) is 18.0. The van der Waals surface area contributed by atoms with Gasteiger partial charge in [0.25, 0.3) is 10.0 Å². The molecule has 0 N–H and O–H groups in total. The lowest BCUT2D eigenvalue weighted by Gasteiger charge is -2.17. The lowest BCUT2D eigenvalue weighted by molar-refractivity contribution is 0.566. The largest absolute Gasteiger partial charge is 0.268 e. The van der Waals surface area contributed by atoms with E-state index in [-0.39, 0.29) is 22.6 Å². The zero-order chi connectivity index (χ0) is 27.6. The third-order valence-electron chi connectivity index (χ3n) is 6.39. The summed E-state index contributed by atoms with van der Waals surface area (Å²) >= 11 is 0. The van der Waals surface area contributed by atoms with E-state index in [9.17, 15) is 25.3 Å². The summed E-state index contributed by atoms with van der Waals surface area (Å²) in [6.45, 7) is 5.34. The molecule has 0 amide bonds. The summed E-state index contributed by atoms with van der Waals surface area (Å²) in [7, 11) is -12.1. The number of aryl methyl sites for hydroxylation is 2. The standard InChI is InChI=1S/C28H29NO6S3/c1-3-20-36(30,31)28(37(32,33)24-11-5-4-6-12-24)15-9-10-23-21-29(27-14-8-7-13-26(23)27)38(34,35)25-18-16-22(2)17-19-25/h3-8,11-14,16-19,21,28H,1,9-10,15,20H2,2H3. The predicted molar refractivity (Wildman–Crippen MR) is 150 cm³/mol. The van der Waals surface area contributed by atoms with Crippen molar-refractivity contribution in [2.45, 2.75) is 40.6 Å². The van der Waals surface area contributed by atoms with Crippen LogP contribution in [0, 0.1) is 6.92 Å². The van der Waals surface area contributed by atoms with Crippen molar-refractivity contribution in [2.75, 3.05) is 5.75 Å². The lowest BCUT2D eigenvalue weighted by Crippen LogP contribution is -2.32. The number of aromatic nitrogens is 1. The van der Waals surface area contributed by atoms with E-state index in [1.54, 1.807) is 72.9 Å². The molecule has 0 radical (unpaired) electrons. The molecule has 0 saturated heterocycles. The first kappa shape index (κ1) is 27.8. The summed E-state index contributed by atoms with van der Waals surface area (Å²) in [5.74, 6) is -0.460. The molecule has 0 fully saturated rings. The SMILES string of the molecule is C=CCS(=O)(=O)C(CCCc1cn(S(=O)(=O)c2ccc(C)cc2)c2ccccc12)S(=O)(=O)c1ccccc1. The van der Waals surface area contributed by atoms with Crippen LogP contribution in [0.4, 0.5) is 0 Å². The van der Waals surface area contributed by atoms with E-state index in [1.807, 2.05) is 6.92 Å². The van der Waals surface area contributed by atoms with E-state index in [2.05, 4.69) is 6.58 Å². The molecule has 0 bridgehead atoms.